The van der Waals surface area contributed by atoms with Gasteiger partial charge in [0.25, 0.3) is 0 Å². The van der Waals surface area contributed by atoms with E-state index in [1.165, 1.54) is 43.9 Å². The Hall–Kier alpha value is -3.06. The van der Waals surface area contributed by atoms with E-state index in [2.05, 4.69) is 97.2 Å². The highest BCUT2D eigenvalue weighted by atomic mass is 15.0. The van der Waals surface area contributed by atoms with Crippen molar-refractivity contribution in [1.82, 2.24) is 0 Å². The average molecular weight is 361 g/mol. The summed E-state index contributed by atoms with van der Waals surface area (Å²) >= 11 is 0. The molecule has 1 heteroatoms. The number of rotatable bonds is 1. The summed E-state index contributed by atoms with van der Waals surface area (Å²) in [6.07, 6.45) is 5.95. The topological polar surface area (TPSA) is 12.0 Å². The van der Waals surface area contributed by atoms with Gasteiger partial charge in [-0.1, -0.05) is 78.9 Å². The molecule has 0 radical (unpaired) electrons. The number of hydrogen-bond donors (Lipinski definition) is 1. The van der Waals surface area contributed by atoms with Gasteiger partial charge in [0.2, 0.25) is 0 Å². The van der Waals surface area contributed by atoms with Gasteiger partial charge in [-0.2, -0.15) is 0 Å². The molecule has 28 heavy (non-hydrogen) atoms. The molecule has 1 aliphatic carbocycles. The van der Waals surface area contributed by atoms with Crippen LogP contribution in [0.4, 0.5) is 5.69 Å². The fraction of sp³-hybridized carbons (Fsp3) is 0.185. The molecule has 1 N–H and O–H groups in total. The Labute approximate surface area is 165 Å². The minimum atomic E-state index is 0.310. The van der Waals surface area contributed by atoms with Crippen LogP contribution in [0.2, 0.25) is 0 Å². The monoisotopic (exact) mass is 361 g/mol. The van der Waals surface area contributed by atoms with Gasteiger partial charge in [-0.05, 0) is 63.6 Å². The van der Waals surface area contributed by atoms with E-state index in [1.54, 1.807) is 0 Å². The van der Waals surface area contributed by atoms with E-state index in [4.69, 9.17) is 0 Å². The lowest BCUT2D eigenvalue weighted by Gasteiger charge is -2.39. The summed E-state index contributed by atoms with van der Waals surface area (Å²) in [4.78, 5) is 0. The van der Waals surface area contributed by atoms with Gasteiger partial charge < -0.3 is 5.32 Å². The summed E-state index contributed by atoms with van der Waals surface area (Å²) in [7, 11) is 0. The minimum Gasteiger partial charge on any atom is -0.377 e. The van der Waals surface area contributed by atoms with Gasteiger partial charge in [0.05, 0.1) is 6.04 Å². The Morgan fingerprint density at radius 3 is 2.29 bits per heavy atom. The Morgan fingerprint density at radius 1 is 0.821 bits per heavy atom. The lowest BCUT2D eigenvalue weighted by atomic mass is 9.74. The van der Waals surface area contributed by atoms with E-state index in [0.717, 1.165) is 6.42 Å². The van der Waals surface area contributed by atoms with Gasteiger partial charge in [-0.15, -0.1) is 0 Å². The summed E-state index contributed by atoms with van der Waals surface area (Å²) in [6, 6.07) is 27.1. The van der Waals surface area contributed by atoms with Crippen LogP contribution in [0.5, 0.6) is 0 Å². The van der Waals surface area contributed by atoms with E-state index in [0.29, 0.717) is 17.9 Å². The highest BCUT2D eigenvalue weighted by Gasteiger charge is 2.39. The SMILES string of the molecule is Cc1cccc2c1N[C@@H](c1c3ccccc3cc3ccccc13)[C@H]1CC=C[C@@H]21. The summed E-state index contributed by atoms with van der Waals surface area (Å²) in [5, 5.41) is 9.41. The first-order valence-electron chi connectivity index (χ1n) is 10.2. The molecule has 136 valence electrons. The van der Waals surface area contributed by atoms with E-state index >= 15 is 0 Å². The van der Waals surface area contributed by atoms with E-state index in [1.807, 2.05) is 0 Å². The van der Waals surface area contributed by atoms with Crippen LogP contribution in [0.3, 0.4) is 0 Å². The number of nitrogens with one attached hydrogen (secondary N) is 1. The minimum absolute atomic E-state index is 0.310. The maximum Gasteiger partial charge on any atom is 0.0566 e. The lowest BCUT2D eigenvalue weighted by molar-refractivity contribution is 0.429. The van der Waals surface area contributed by atoms with E-state index in [9.17, 15) is 0 Å². The standard InChI is InChI=1S/C27H23N/c1-17-8-6-14-23-22-13-7-15-24(22)27(28-26(17)23)25-20-11-4-2-9-18(20)16-19-10-3-5-12-21(19)25/h2-14,16,22,24,27-28H,15H2,1H3/t22-,24-,27+/m0/s1. The summed E-state index contributed by atoms with van der Waals surface area (Å²) < 4.78 is 0. The molecule has 0 amide bonds. The Morgan fingerprint density at radius 2 is 1.54 bits per heavy atom. The fourth-order valence-corrected chi connectivity index (χ4v) is 5.45. The molecular formula is C27H23N. The van der Waals surface area contributed by atoms with Crippen molar-refractivity contribution >= 4 is 27.2 Å². The van der Waals surface area contributed by atoms with Crippen molar-refractivity contribution in [3.05, 3.63) is 102 Å². The van der Waals surface area contributed by atoms with E-state index in [-0.39, 0.29) is 0 Å². The van der Waals surface area contributed by atoms with Crippen LogP contribution in [0.25, 0.3) is 21.5 Å². The van der Waals surface area contributed by atoms with Crippen molar-refractivity contribution in [2.75, 3.05) is 5.32 Å². The highest BCUT2D eigenvalue weighted by molar-refractivity contribution is 6.03. The second kappa shape index (κ2) is 5.97. The zero-order valence-electron chi connectivity index (χ0n) is 16.0. The number of benzene rings is 4. The van der Waals surface area contributed by atoms with Crippen LogP contribution < -0.4 is 5.32 Å². The van der Waals surface area contributed by atoms with Crippen LogP contribution in [0.15, 0.2) is 84.9 Å². The van der Waals surface area contributed by atoms with Gasteiger partial charge >= 0.3 is 0 Å². The zero-order chi connectivity index (χ0) is 18.7. The van der Waals surface area contributed by atoms with Crippen LogP contribution in [-0.4, -0.2) is 0 Å². The maximum absolute atomic E-state index is 4.00. The second-order valence-electron chi connectivity index (χ2n) is 8.25. The third kappa shape index (κ3) is 2.19. The van der Waals surface area contributed by atoms with Crippen molar-refractivity contribution in [2.24, 2.45) is 5.92 Å². The van der Waals surface area contributed by atoms with Crippen LogP contribution in [-0.2, 0) is 0 Å². The first kappa shape index (κ1) is 15.9. The van der Waals surface area contributed by atoms with Crippen molar-refractivity contribution in [3.63, 3.8) is 0 Å². The van der Waals surface area contributed by atoms with Crippen LogP contribution in [0, 0.1) is 12.8 Å². The molecule has 0 fully saturated rings. The quantitative estimate of drug-likeness (QED) is 0.281. The zero-order valence-corrected chi connectivity index (χ0v) is 16.0. The molecule has 4 aromatic carbocycles. The smallest absolute Gasteiger partial charge is 0.0566 e. The highest BCUT2D eigenvalue weighted by Crippen LogP contribution is 2.52. The molecule has 4 aromatic rings. The third-order valence-corrected chi connectivity index (χ3v) is 6.73. The second-order valence-corrected chi connectivity index (χ2v) is 8.25. The van der Waals surface area contributed by atoms with Gasteiger partial charge in [-0.25, -0.2) is 0 Å². The summed E-state index contributed by atoms with van der Waals surface area (Å²) in [6.45, 7) is 2.23. The predicted molar refractivity (Wildman–Crippen MR) is 119 cm³/mol. The molecule has 0 saturated carbocycles. The molecule has 2 aliphatic rings. The average Bonchev–Trinajstić information content (AvgIpc) is 3.22. The normalized spacial score (nSPS) is 22.8. The first-order valence-corrected chi connectivity index (χ1v) is 10.2. The van der Waals surface area contributed by atoms with Crippen molar-refractivity contribution in [2.45, 2.75) is 25.3 Å². The van der Waals surface area contributed by atoms with E-state index < -0.39 is 0 Å². The Balaban J connectivity index is 1.66. The van der Waals surface area contributed by atoms with Gasteiger partial charge in [-0.3, -0.25) is 0 Å². The first-order chi connectivity index (χ1) is 13.8. The molecule has 0 bridgehead atoms. The molecular weight excluding hydrogens is 338 g/mol. The third-order valence-electron chi connectivity index (χ3n) is 6.73. The number of hydrogen-bond acceptors (Lipinski definition) is 1. The predicted octanol–water partition coefficient (Wildman–Crippen LogP) is 7.13. The summed E-state index contributed by atoms with van der Waals surface area (Å²) in [5.41, 5.74) is 5.59. The molecule has 0 saturated heterocycles. The molecule has 3 atom stereocenters. The lowest BCUT2D eigenvalue weighted by Crippen LogP contribution is -2.29. The van der Waals surface area contributed by atoms with Crippen molar-refractivity contribution in [1.29, 1.82) is 0 Å². The number of anilines is 1. The largest absolute Gasteiger partial charge is 0.377 e. The number of para-hydroxylation sites is 1. The fourth-order valence-electron chi connectivity index (χ4n) is 5.45. The van der Waals surface area contributed by atoms with Crippen LogP contribution >= 0.6 is 0 Å². The molecule has 1 aliphatic heterocycles. The Kier molecular flexibility index (Phi) is 3.40. The van der Waals surface area contributed by atoms with Gasteiger partial charge in [0.1, 0.15) is 0 Å². The molecule has 1 nitrogen and oxygen atoms in total. The molecule has 0 aromatic heterocycles. The molecule has 6 rings (SSSR count). The maximum atomic E-state index is 4.00. The number of allylic oxidation sites excluding steroid dienone is 2. The van der Waals surface area contributed by atoms with Crippen molar-refractivity contribution < 1.29 is 0 Å². The van der Waals surface area contributed by atoms with Gasteiger partial charge in [0, 0.05) is 11.6 Å². The van der Waals surface area contributed by atoms with Gasteiger partial charge in [0.15, 0.2) is 0 Å². The number of fused-ring (bicyclic) bond motifs is 5. The molecule has 0 spiro atoms. The molecule has 1 heterocycles. The van der Waals surface area contributed by atoms with Crippen LogP contribution in [0.1, 0.15) is 35.1 Å². The Bertz CT molecular complexity index is 1200. The van der Waals surface area contributed by atoms with Crippen molar-refractivity contribution in [3.8, 4) is 0 Å². The molecule has 0 unspecified atom stereocenters. The number of aryl methyl sites for hydroxylation is 1. The summed E-state index contributed by atoms with van der Waals surface area (Å²) in [5.74, 6) is 1.06.